The van der Waals surface area contributed by atoms with Crippen LogP contribution in [0.2, 0.25) is 0 Å². The van der Waals surface area contributed by atoms with Gasteiger partial charge in [-0.15, -0.1) is 0 Å². The van der Waals surface area contributed by atoms with Gasteiger partial charge in [-0.2, -0.15) is 0 Å². The van der Waals surface area contributed by atoms with E-state index >= 15 is 0 Å². The lowest BCUT2D eigenvalue weighted by molar-refractivity contribution is 0.247. The zero-order valence-electron chi connectivity index (χ0n) is 15.0. The quantitative estimate of drug-likeness (QED) is 0.857. The van der Waals surface area contributed by atoms with Crippen molar-refractivity contribution in [3.05, 3.63) is 59.4 Å². The van der Waals surface area contributed by atoms with Crippen molar-refractivity contribution in [2.75, 3.05) is 26.2 Å². The van der Waals surface area contributed by atoms with Crippen LogP contribution >= 0.6 is 0 Å². The van der Waals surface area contributed by atoms with Crippen LogP contribution in [0.15, 0.2) is 42.7 Å². The summed E-state index contributed by atoms with van der Waals surface area (Å²) in [5.74, 6) is 1.08. The van der Waals surface area contributed by atoms with Gasteiger partial charge in [-0.25, -0.2) is 0 Å². The molecule has 4 nitrogen and oxygen atoms in total. The number of fused-ring (bicyclic) bond motifs is 1. The third kappa shape index (κ3) is 4.20. The maximum atomic E-state index is 5.82. The lowest BCUT2D eigenvalue weighted by atomic mass is 10.1. The van der Waals surface area contributed by atoms with Crippen molar-refractivity contribution >= 4 is 0 Å². The molecule has 1 saturated heterocycles. The summed E-state index contributed by atoms with van der Waals surface area (Å²) in [5, 5.41) is 0. The molecule has 0 unspecified atom stereocenters. The normalized spacial score (nSPS) is 21.6. The first-order valence-corrected chi connectivity index (χ1v) is 9.38. The Bertz CT molecular complexity index is 704. The van der Waals surface area contributed by atoms with E-state index in [2.05, 4.69) is 52.0 Å². The SMILES string of the molecule is C[C@@H]1Cc2cc(CN3CCCN(Cc4ccncc4)CC3)ccc2O1. The number of hydrogen-bond donors (Lipinski definition) is 0. The van der Waals surface area contributed by atoms with Gasteiger partial charge >= 0.3 is 0 Å². The smallest absolute Gasteiger partial charge is 0.123 e. The van der Waals surface area contributed by atoms with Crippen LogP contribution < -0.4 is 4.74 Å². The molecule has 0 saturated carbocycles. The summed E-state index contributed by atoms with van der Waals surface area (Å²) in [5.41, 5.74) is 4.15. The lowest BCUT2D eigenvalue weighted by Crippen LogP contribution is -2.30. The van der Waals surface area contributed by atoms with Crippen LogP contribution in [0.1, 0.15) is 30.0 Å². The zero-order chi connectivity index (χ0) is 17.1. The van der Waals surface area contributed by atoms with Gasteiger partial charge < -0.3 is 4.74 Å². The standard InChI is InChI=1S/C21H27N3O/c1-17-13-20-14-19(3-4-21(20)25-17)16-24-10-2-9-23(11-12-24)15-18-5-7-22-8-6-18/h3-8,14,17H,2,9-13,15-16H2,1H3/t17-/m1/s1. The fraction of sp³-hybridized carbons (Fsp3) is 0.476. The maximum Gasteiger partial charge on any atom is 0.123 e. The Kier molecular flexibility index (Phi) is 4.99. The summed E-state index contributed by atoms with van der Waals surface area (Å²) < 4.78 is 5.82. The Balaban J connectivity index is 1.33. The predicted octanol–water partition coefficient (Wildman–Crippen LogP) is 3.11. The van der Waals surface area contributed by atoms with Crippen molar-refractivity contribution < 1.29 is 4.74 Å². The predicted molar refractivity (Wildman–Crippen MR) is 99.6 cm³/mol. The van der Waals surface area contributed by atoms with Gasteiger partial charge in [-0.05, 0) is 61.3 Å². The van der Waals surface area contributed by atoms with Gasteiger partial charge in [-0.1, -0.05) is 12.1 Å². The Hall–Kier alpha value is -1.91. The molecule has 2 aliphatic rings. The Labute approximate surface area is 150 Å². The first-order chi connectivity index (χ1) is 12.3. The molecule has 0 radical (unpaired) electrons. The van der Waals surface area contributed by atoms with Gasteiger partial charge in [0.25, 0.3) is 0 Å². The van der Waals surface area contributed by atoms with Crippen LogP contribution in [0.5, 0.6) is 5.75 Å². The van der Waals surface area contributed by atoms with Gasteiger partial charge in [0.05, 0.1) is 0 Å². The van der Waals surface area contributed by atoms with Crippen molar-refractivity contribution in [2.45, 2.75) is 39.0 Å². The highest BCUT2D eigenvalue weighted by atomic mass is 16.5. The number of aromatic nitrogens is 1. The molecule has 4 heteroatoms. The van der Waals surface area contributed by atoms with Crippen molar-refractivity contribution in [1.82, 2.24) is 14.8 Å². The first kappa shape index (κ1) is 16.6. The van der Waals surface area contributed by atoms with Crippen molar-refractivity contribution in [1.29, 1.82) is 0 Å². The highest BCUT2D eigenvalue weighted by molar-refractivity contribution is 5.40. The number of ether oxygens (including phenoxy) is 1. The molecular formula is C21H27N3O. The second-order valence-corrected chi connectivity index (χ2v) is 7.34. The fourth-order valence-electron chi connectivity index (χ4n) is 3.92. The summed E-state index contributed by atoms with van der Waals surface area (Å²) in [6.45, 7) is 8.84. The van der Waals surface area contributed by atoms with Crippen LogP contribution in [-0.2, 0) is 19.5 Å². The second kappa shape index (κ2) is 7.54. The average molecular weight is 337 g/mol. The molecule has 132 valence electrons. The van der Waals surface area contributed by atoms with Crippen LogP contribution in [0.4, 0.5) is 0 Å². The largest absolute Gasteiger partial charge is 0.490 e. The molecule has 25 heavy (non-hydrogen) atoms. The molecule has 1 fully saturated rings. The molecule has 1 atom stereocenters. The van der Waals surface area contributed by atoms with E-state index < -0.39 is 0 Å². The molecule has 0 N–H and O–H groups in total. The van der Waals surface area contributed by atoms with E-state index in [0.717, 1.165) is 38.3 Å². The minimum absolute atomic E-state index is 0.324. The van der Waals surface area contributed by atoms with E-state index in [-0.39, 0.29) is 0 Å². The fourth-order valence-corrected chi connectivity index (χ4v) is 3.92. The summed E-state index contributed by atoms with van der Waals surface area (Å²) in [4.78, 5) is 9.26. The van der Waals surface area contributed by atoms with E-state index in [4.69, 9.17) is 4.74 Å². The molecule has 2 aromatic rings. The van der Waals surface area contributed by atoms with Crippen LogP contribution in [0.3, 0.4) is 0 Å². The number of pyridine rings is 1. The Morgan fingerprint density at radius 1 is 0.960 bits per heavy atom. The Morgan fingerprint density at radius 3 is 2.44 bits per heavy atom. The molecule has 0 aliphatic carbocycles. The molecular weight excluding hydrogens is 310 g/mol. The van der Waals surface area contributed by atoms with E-state index in [1.807, 2.05) is 12.4 Å². The van der Waals surface area contributed by atoms with Crippen molar-refractivity contribution in [3.63, 3.8) is 0 Å². The van der Waals surface area contributed by atoms with Crippen molar-refractivity contribution in [2.24, 2.45) is 0 Å². The third-order valence-electron chi connectivity index (χ3n) is 5.20. The van der Waals surface area contributed by atoms with Gasteiger partial charge in [-0.3, -0.25) is 14.8 Å². The summed E-state index contributed by atoms with van der Waals surface area (Å²) in [6.07, 6.45) is 6.37. The zero-order valence-corrected chi connectivity index (χ0v) is 15.0. The molecule has 0 bridgehead atoms. The highest BCUT2D eigenvalue weighted by Crippen LogP contribution is 2.29. The van der Waals surface area contributed by atoms with Crippen LogP contribution in [0, 0.1) is 0 Å². The summed E-state index contributed by atoms with van der Waals surface area (Å²) in [7, 11) is 0. The second-order valence-electron chi connectivity index (χ2n) is 7.34. The van der Waals surface area contributed by atoms with Crippen LogP contribution in [-0.4, -0.2) is 47.1 Å². The minimum Gasteiger partial charge on any atom is -0.490 e. The molecule has 0 amide bonds. The summed E-state index contributed by atoms with van der Waals surface area (Å²) in [6, 6.07) is 11.0. The molecule has 2 aliphatic heterocycles. The highest BCUT2D eigenvalue weighted by Gasteiger charge is 2.20. The molecule has 3 heterocycles. The van der Waals surface area contributed by atoms with E-state index in [0.29, 0.717) is 6.10 Å². The van der Waals surface area contributed by atoms with Gasteiger partial charge in [0, 0.05) is 45.0 Å². The van der Waals surface area contributed by atoms with Gasteiger partial charge in [0.15, 0.2) is 0 Å². The number of hydrogen-bond acceptors (Lipinski definition) is 4. The molecule has 1 aromatic carbocycles. The Morgan fingerprint density at radius 2 is 1.68 bits per heavy atom. The maximum absolute atomic E-state index is 5.82. The molecule has 0 spiro atoms. The topological polar surface area (TPSA) is 28.6 Å². The lowest BCUT2D eigenvalue weighted by Gasteiger charge is -2.22. The van der Waals surface area contributed by atoms with Crippen molar-refractivity contribution in [3.8, 4) is 5.75 Å². The third-order valence-corrected chi connectivity index (χ3v) is 5.20. The number of rotatable bonds is 4. The number of nitrogens with zero attached hydrogens (tertiary/aromatic N) is 3. The molecule has 1 aromatic heterocycles. The molecule has 4 rings (SSSR count). The van der Waals surface area contributed by atoms with Gasteiger partial charge in [0.1, 0.15) is 11.9 Å². The van der Waals surface area contributed by atoms with Gasteiger partial charge in [0.2, 0.25) is 0 Å². The number of benzene rings is 1. The minimum atomic E-state index is 0.324. The van der Waals surface area contributed by atoms with Crippen LogP contribution in [0.25, 0.3) is 0 Å². The summed E-state index contributed by atoms with van der Waals surface area (Å²) >= 11 is 0. The van der Waals surface area contributed by atoms with E-state index in [9.17, 15) is 0 Å². The first-order valence-electron chi connectivity index (χ1n) is 9.38. The average Bonchev–Trinajstić information content (AvgIpc) is 2.85. The van der Waals surface area contributed by atoms with E-state index in [1.54, 1.807) is 0 Å². The van der Waals surface area contributed by atoms with E-state index in [1.165, 1.54) is 36.2 Å². The monoisotopic (exact) mass is 337 g/mol.